The molecule has 0 unspecified atom stereocenters. The first-order valence-corrected chi connectivity index (χ1v) is 7.12. The van der Waals surface area contributed by atoms with E-state index in [1.165, 1.54) is 0 Å². The number of carbonyl (C=O) groups excluding carboxylic acids is 1. The minimum absolute atomic E-state index is 0.119. The number of ether oxygens (including phenoxy) is 1. The molecule has 0 heterocycles. The molecular weight excluding hydrogens is 262 g/mol. The highest BCUT2D eigenvalue weighted by Gasteiger charge is 2.25. The molecule has 0 aliphatic heterocycles. The minimum atomic E-state index is 0.119. The monoisotopic (exact) mass is 281 g/mol. The zero-order chi connectivity index (χ0) is 13.7. The third-order valence-electron chi connectivity index (χ3n) is 3.79. The van der Waals surface area contributed by atoms with Gasteiger partial charge in [0.25, 0.3) is 0 Å². The molecule has 4 heteroatoms. The Morgan fingerprint density at radius 2 is 2.00 bits per heavy atom. The van der Waals surface area contributed by atoms with Gasteiger partial charge in [0.15, 0.2) is 0 Å². The summed E-state index contributed by atoms with van der Waals surface area (Å²) >= 11 is 6.06. The topological polar surface area (TPSA) is 38.3 Å². The number of halogens is 1. The second kappa shape index (κ2) is 6.92. The first-order valence-electron chi connectivity index (χ1n) is 6.74. The van der Waals surface area contributed by atoms with Gasteiger partial charge in [0.1, 0.15) is 0 Å². The van der Waals surface area contributed by atoms with Crippen LogP contribution in [-0.4, -0.2) is 19.1 Å². The molecule has 0 spiro atoms. The van der Waals surface area contributed by atoms with Crippen molar-refractivity contribution in [3.8, 4) is 0 Å². The Balaban J connectivity index is 1.81. The lowest BCUT2D eigenvalue weighted by atomic mass is 9.87. The van der Waals surface area contributed by atoms with E-state index in [1.54, 1.807) is 7.11 Å². The molecule has 1 aliphatic rings. The van der Waals surface area contributed by atoms with Crippen LogP contribution in [0.2, 0.25) is 5.02 Å². The second-order valence-corrected chi connectivity index (χ2v) is 5.43. The summed E-state index contributed by atoms with van der Waals surface area (Å²) in [5.74, 6) is 0.253. The van der Waals surface area contributed by atoms with Gasteiger partial charge in [-0.3, -0.25) is 4.79 Å². The highest BCUT2D eigenvalue weighted by Crippen LogP contribution is 2.26. The Morgan fingerprint density at radius 1 is 1.32 bits per heavy atom. The maximum atomic E-state index is 12.1. The van der Waals surface area contributed by atoms with Gasteiger partial charge >= 0.3 is 0 Å². The lowest BCUT2D eigenvalue weighted by molar-refractivity contribution is -0.126. The normalized spacial score (nSPS) is 23.1. The van der Waals surface area contributed by atoms with Crippen molar-refractivity contribution >= 4 is 17.5 Å². The Bertz CT molecular complexity index is 428. The summed E-state index contributed by atoms with van der Waals surface area (Å²) in [6.45, 7) is 0.503. The predicted octanol–water partition coefficient (Wildman–Crippen LogP) is 3.16. The summed E-state index contributed by atoms with van der Waals surface area (Å²) in [6.07, 6.45) is 4.09. The van der Waals surface area contributed by atoms with Crippen molar-refractivity contribution in [3.63, 3.8) is 0 Å². The lowest BCUT2D eigenvalue weighted by Gasteiger charge is -2.26. The van der Waals surface area contributed by atoms with Crippen LogP contribution in [0.1, 0.15) is 31.2 Å². The largest absolute Gasteiger partial charge is 0.381 e. The van der Waals surface area contributed by atoms with E-state index < -0.39 is 0 Å². The average molecular weight is 282 g/mol. The number of carbonyl (C=O) groups is 1. The molecule has 0 aromatic heterocycles. The number of amides is 1. The Kier molecular flexibility index (Phi) is 5.23. The SMILES string of the molecule is COC1CCC(C(=O)NCc2ccccc2Cl)CC1. The summed E-state index contributed by atoms with van der Waals surface area (Å²) in [5, 5.41) is 3.68. The molecule has 1 aromatic carbocycles. The summed E-state index contributed by atoms with van der Waals surface area (Å²) in [6, 6.07) is 7.59. The van der Waals surface area contributed by atoms with Crippen LogP contribution in [-0.2, 0) is 16.1 Å². The molecule has 19 heavy (non-hydrogen) atoms. The van der Waals surface area contributed by atoms with Gasteiger partial charge in [-0.1, -0.05) is 29.8 Å². The Morgan fingerprint density at radius 3 is 2.63 bits per heavy atom. The van der Waals surface area contributed by atoms with Crippen LogP contribution in [0.3, 0.4) is 0 Å². The van der Waals surface area contributed by atoms with Crippen molar-refractivity contribution in [3.05, 3.63) is 34.9 Å². The number of methoxy groups -OCH3 is 1. The van der Waals surface area contributed by atoms with Crippen LogP contribution < -0.4 is 5.32 Å². The fraction of sp³-hybridized carbons (Fsp3) is 0.533. The number of hydrogen-bond acceptors (Lipinski definition) is 2. The molecule has 0 radical (unpaired) electrons. The van der Waals surface area contributed by atoms with Crippen LogP contribution in [0.4, 0.5) is 0 Å². The maximum Gasteiger partial charge on any atom is 0.223 e. The van der Waals surface area contributed by atoms with E-state index in [2.05, 4.69) is 5.32 Å². The van der Waals surface area contributed by atoms with Crippen molar-refractivity contribution in [2.24, 2.45) is 5.92 Å². The smallest absolute Gasteiger partial charge is 0.223 e. The molecule has 0 bridgehead atoms. The van der Waals surface area contributed by atoms with Gasteiger partial charge in [0.05, 0.1) is 6.10 Å². The molecule has 0 atom stereocenters. The average Bonchev–Trinajstić information content (AvgIpc) is 2.46. The highest BCUT2D eigenvalue weighted by atomic mass is 35.5. The highest BCUT2D eigenvalue weighted by molar-refractivity contribution is 6.31. The quantitative estimate of drug-likeness (QED) is 0.921. The standard InChI is InChI=1S/C15H20ClNO2/c1-19-13-8-6-11(7-9-13)15(18)17-10-12-4-2-3-5-14(12)16/h2-5,11,13H,6-10H2,1H3,(H,17,18). The van der Waals surface area contributed by atoms with Crippen molar-refractivity contribution in [1.82, 2.24) is 5.32 Å². The Labute approximate surface area is 119 Å². The molecule has 1 N–H and O–H groups in total. The van der Waals surface area contributed by atoms with E-state index in [1.807, 2.05) is 24.3 Å². The van der Waals surface area contributed by atoms with E-state index in [4.69, 9.17) is 16.3 Å². The van der Waals surface area contributed by atoms with E-state index in [-0.39, 0.29) is 11.8 Å². The zero-order valence-electron chi connectivity index (χ0n) is 11.2. The summed E-state index contributed by atoms with van der Waals surface area (Å²) < 4.78 is 5.32. The lowest BCUT2D eigenvalue weighted by Crippen LogP contribution is -2.34. The molecule has 1 fully saturated rings. The third-order valence-corrected chi connectivity index (χ3v) is 4.16. The molecule has 1 saturated carbocycles. The van der Waals surface area contributed by atoms with Crippen molar-refractivity contribution in [2.75, 3.05) is 7.11 Å². The fourth-order valence-electron chi connectivity index (χ4n) is 2.53. The molecular formula is C15H20ClNO2. The first kappa shape index (κ1) is 14.4. The van der Waals surface area contributed by atoms with E-state index in [9.17, 15) is 4.79 Å². The third kappa shape index (κ3) is 3.95. The Hall–Kier alpha value is -1.06. The van der Waals surface area contributed by atoms with Gasteiger partial charge in [0.2, 0.25) is 5.91 Å². The van der Waals surface area contributed by atoms with Gasteiger partial charge in [0, 0.05) is 24.6 Å². The zero-order valence-corrected chi connectivity index (χ0v) is 12.0. The summed E-state index contributed by atoms with van der Waals surface area (Å²) in [4.78, 5) is 12.1. The minimum Gasteiger partial charge on any atom is -0.381 e. The number of rotatable bonds is 4. The number of hydrogen-bond donors (Lipinski definition) is 1. The predicted molar refractivity (Wildman–Crippen MR) is 76.1 cm³/mol. The van der Waals surface area contributed by atoms with Crippen molar-refractivity contribution in [1.29, 1.82) is 0 Å². The molecule has 1 amide bonds. The molecule has 3 nitrogen and oxygen atoms in total. The van der Waals surface area contributed by atoms with Crippen LogP contribution in [0.25, 0.3) is 0 Å². The van der Waals surface area contributed by atoms with Crippen LogP contribution in [0.15, 0.2) is 24.3 Å². The number of nitrogens with one attached hydrogen (secondary N) is 1. The van der Waals surface area contributed by atoms with Gasteiger partial charge in [-0.2, -0.15) is 0 Å². The van der Waals surface area contributed by atoms with Gasteiger partial charge in [-0.15, -0.1) is 0 Å². The molecule has 1 aromatic rings. The van der Waals surface area contributed by atoms with E-state index in [0.717, 1.165) is 31.2 Å². The van der Waals surface area contributed by atoms with Gasteiger partial charge in [-0.25, -0.2) is 0 Å². The van der Waals surface area contributed by atoms with Crippen LogP contribution >= 0.6 is 11.6 Å². The first-order chi connectivity index (χ1) is 9.20. The van der Waals surface area contributed by atoms with Gasteiger partial charge in [-0.05, 0) is 37.3 Å². The molecule has 1 aliphatic carbocycles. The van der Waals surface area contributed by atoms with E-state index in [0.29, 0.717) is 17.7 Å². The molecule has 104 valence electrons. The maximum absolute atomic E-state index is 12.1. The van der Waals surface area contributed by atoms with Crippen LogP contribution in [0, 0.1) is 5.92 Å². The summed E-state index contributed by atoms with van der Waals surface area (Å²) in [5.41, 5.74) is 0.961. The van der Waals surface area contributed by atoms with E-state index >= 15 is 0 Å². The second-order valence-electron chi connectivity index (χ2n) is 5.02. The fourth-order valence-corrected chi connectivity index (χ4v) is 2.73. The van der Waals surface area contributed by atoms with Crippen molar-refractivity contribution < 1.29 is 9.53 Å². The van der Waals surface area contributed by atoms with Crippen molar-refractivity contribution in [2.45, 2.75) is 38.3 Å². The summed E-state index contributed by atoms with van der Waals surface area (Å²) in [7, 11) is 1.74. The molecule has 2 rings (SSSR count). The van der Waals surface area contributed by atoms with Gasteiger partial charge < -0.3 is 10.1 Å². The van der Waals surface area contributed by atoms with Crippen LogP contribution in [0.5, 0.6) is 0 Å². The molecule has 0 saturated heterocycles. The number of benzene rings is 1.